The van der Waals surface area contributed by atoms with Crippen molar-refractivity contribution in [1.82, 2.24) is 0 Å². The largest absolute Gasteiger partial charge is 0.311 e. The van der Waals surface area contributed by atoms with E-state index < -0.39 is 0 Å². The molecule has 0 aromatic heterocycles. The highest BCUT2D eigenvalue weighted by Gasteiger charge is 2.13. The van der Waals surface area contributed by atoms with E-state index >= 15 is 0 Å². The van der Waals surface area contributed by atoms with Crippen molar-refractivity contribution in [3.63, 3.8) is 0 Å². The van der Waals surface area contributed by atoms with Crippen molar-refractivity contribution in [3.05, 3.63) is 94.7 Å². The smallest absolute Gasteiger partial charge is 0.0462 e. The lowest BCUT2D eigenvalue weighted by Gasteiger charge is -2.26. The summed E-state index contributed by atoms with van der Waals surface area (Å²) in [7, 11) is 0. The third-order valence-corrected chi connectivity index (χ3v) is 4.18. The van der Waals surface area contributed by atoms with Crippen molar-refractivity contribution in [2.75, 3.05) is 4.90 Å². The van der Waals surface area contributed by atoms with Crippen LogP contribution in [0.3, 0.4) is 0 Å². The summed E-state index contributed by atoms with van der Waals surface area (Å²) in [5, 5.41) is 1.45. The molecule has 0 bridgehead atoms. The van der Waals surface area contributed by atoms with E-state index in [1.165, 1.54) is 0 Å². The molecule has 1 atom stereocenters. The summed E-state index contributed by atoms with van der Waals surface area (Å²) >= 11 is 12.1. The molecule has 3 rings (SSSR count). The second-order valence-corrected chi connectivity index (χ2v) is 6.36. The van der Waals surface area contributed by atoms with Crippen LogP contribution in [0.4, 0.5) is 11.4 Å². The average molecular weight is 342 g/mol. The maximum Gasteiger partial charge on any atom is 0.0462 e. The van der Waals surface area contributed by atoms with Gasteiger partial charge in [-0.25, -0.2) is 0 Å². The van der Waals surface area contributed by atoms with Crippen LogP contribution in [0.15, 0.2) is 84.6 Å². The van der Waals surface area contributed by atoms with Gasteiger partial charge in [0.2, 0.25) is 0 Å². The molecule has 0 N–H and O–H groups in total. The summed E-state index contributed by atoms with van der Waals surface area (Å²) < 4.78 is 0. The van der Waals surface area contributed by atoms with Crippen molar-refractivity contribution >= 4 is 34.6 Å². The SMILES string of the molecule is CC1C=CC=C(N(c2ccc(Cl)cc2)c2ccc(Cl)cc2)C=C1. The van der Waals surface area contributed by atoms with E-state index in [0.29, 0.717) is 5.92 Å². The van der Waals surface area contributed by atoms with Crippen molar-refractivity contribution in [2.45, 2.75) is 6.92 Å². The van der Waals surface area contributed by atoms with Crippen LogP contribution in [0.25, 0.3) is 0 Å². The zero-order valence-electron chi connectivity index (χ0n) is 12.8. The summed E-state index contributed by atoms with van der Waals surface area (Å²) in [6, 6.07) is 15.7. The Labute approximate surface area is 147 Å². The number of allylic oxidation sites excluding steroid dienone is 5. The summed E-state index contributed by atoms with van der Waals surface area (Å²) in [6.45, 7) is 2.17. The van der Waals surface area contributed by atoms with Gasteiger partial charge in [-0.1, -0.05) is 48.4 Å². The van der Waals surface area contributed by atoms with Crippen LogP contribution < -0.4 is 4.90 Å². The predicted molar refractivity (Wildman–Crippen MR) is 101 cm³/mol. The quantitative estimate of drug-likeness (QED) is 0.594. The first-order chi connectivity index (χ1) is 11.1. The third-order valence-electron chi connectivity index (χ3n) is 3.68. The minimum atomic E-state index is 0.418. The highest BCUT2D eigenvalue weighted by molar-refractivity contribution is 6.31. The zero-order chi connectivity index (χ0) is 16.2. The lowest BCUT2D eigenvalue weighted by molar-refractivity contribution is 0.941. The number of halogens is 2. The molecule has 0 saturated heterocycles. The maximum absolute atomic E-state index is 6.04. The Kier molecular flexibility index (Phi) is 4.90. The van der Waals surface area contributed by atoms with Crippen LogP contribution in [-0.4, -0.2) is 0 Å². The Balaban J connectivity index is 2.08. The molecule has 1 nitrogen and oxygen atoms in total. The van der Waals surface area contributed by atoms with E-state index in [2.05, 4.69) is 42.2 Å². The second kappa shape index (κ2) is 7.08. The number of hydrogen-bond donors (Lipinski definition) is 0. The molecule has 0 heterocycles. The van der Waals surface area contributed by atoms with Crippen molar-refractivity contribution in [2.24, 2.45) is 5.92 Å². The fourth-order valence-electron chi connectivity index (χ4n) is 2.48. The molecule has 0 aliphatic heterocycles. The minimum absolute atomic E-state index is 0.418. The van der Waals surface area contributed by atoms with Gasteiger partial charge in [0.1, 0.15) is 0 Å². The van der Waals surface area contributed by atoms with Crippen LogP contribution >= 0.6 is 23.2 Å². The van der Waals surface area contributed by atoms with E-state index in [1.54, 1.807) is 0 Å². The molecule has 0 radical (unpaired) electrons. The van der Waals surface area contributed by atoms with Gasteiger partial charge in [-0.15, -0.1) is 0 Å². The van der Waals surface area contributed by atoms with Crippen LogP contribution in [0.1, 0.15) is 6.92 Å². The molecule has 1 unspecified atom stereocenters. The molecule has 2 aromatic carbocycles. The van der Waals surface area contributed by atoms with Gasteiger partial charge >= 0.3 is 0 Å². The van der Waals surface area contributed by atoms with Gasteiger partial charge in [-0.3, -0.25) is 0 Å². The fraction of sp³-hybridized carbons (Fsp3) is 0.100. The average Bonchev–Trinajstić information content (AvgIpc) is 2.76. The van der Waals surface area contributed by atoms with Gasteiger partial charge in [-0.05, 0) is 66.6 Å². The first kappa shape index (κ1) is 15.9. The lowest BCUT2D eigenvalue weighted by atomic mass is 10.1. The number of hydrogen-bond acceptors (Lipinski definition) is 1. The third kappa shape index (κ3) is 3.87. The molecular weight excluding hydrogens is 325 g/mol. The normalized spacial score (nSPS) is 16.8. The van der Waals surface area contributed by atoms with Gasteiger partial charge in [0.15, 0.2) is 0 Å². The van der Waals surface area contributed by atoms with Crippen LogP contribution in [0, 0.1) is 5.92 Å². The zero-order valence-corrected chi connectivity index (χ0v) is 14.3. The Bertz CT molecular complexity index is 710. The van der Waals surface area contributed by atoms with Crippen LogP contribution in [0.5, 0.6) is 0 Å². The van der Waals surface area contributed by atoms with E-state index in [0.717, 1.165) is 27.1 Å². The molecule has 2 aromatic rings. The minimum Gasteiger partial charge on any atom is -0.311 e. The molecule has 0 saturated carbocycles. The summed E-state index contributed by atoms with van der Waals surface area (Å²) in [5.41, 5.74) is 3.20. The first-order valence-corrected chi connectivity index (χ1v) is 8.27. The molecule has 0 fully saturated rings. The Morgan fingerprint density at radius 1 is 0.783 bits per heavy atom. The standard InChI is InChI=1S/C20H17Cl2N/c1-15-3-2-4-18(10-5-15)23(19-11-6-16(21)7-12-19)20-13-8-17(22)9-14-20/h2-15H,1H3. The highest BCUT2D eigenvalue weighted by atomic mass is 35.5. The molecule has 3 heteroatoms. The number of anilines is 2. The monoisotopic (exact) mass is 341 g/mol. The second-order valence-electron chi connectivity index (χ2n) is 5.48. The Hall–Kier alpha value is -1.96. The molecule has 1 aliphatic rings. The molecular formula is C20H17Cl2N. The number of nitrogens with zero attached hydrogens (tertiary/aromatic N) is 1. The topological polar surface area (TPSA) is 3.24 Å². The van der Waals surface area contributed by atoms with E-state index in [-0.39, 0.29) is 0 Å². The highest BCUT2D eigenvalue weighted by Crippen LogP contribution is 2.32. The Morgan fingerprint density at radius 3 is 1.83 bits per heavy atom. The Morgan fingerprint density at radius 2 is 1.30 bits per heavy atom. The van der Waals surface area contributed by atoms with Gasteiger partial charge < -0.3 is 4.90 Å². The summed E-state index contributed by atoms with van der Waals surface area (Å²) in [4.78, 5) is 2.19. The van der Waals surface area contributed by atoms with Crippen molar-refractivity contribution in [1.29, 1.82) is 0 Å². The molecule has 116 valence electrons. The number of rotatable bonds is 3. The number of benzene rings is 2. The summed E-state index contributed by atoms with van der Waals surface area (Å²) in [5.74, 6) is 0.418. The van der Waals surface area contributed by atoms with Gasteiger partial charge in [0, 0.05) is 27.1 Å². The molecule has 0 spiro atoms. The maximum atomic E-state index is 6.04. The van der Waals surface area contributed by atoms with Crippen molar-refractivity contribution < 1.29 is 0 Å². The first-order valence-electron chi connectivity index (χ1n) is 7.51. The van der Waals surface area contributed by atoms with Crippen molar-refractivity contribution in [3.8, 4) is 0 Å². The van der Waals surface area contributed by atoms with E-state index in [9.17, 15) is 0 Å². The lowest BCUT2D eigenvalue weighted by Crippen LogP contribution is -2.14. The van der Waals surface area contributed by atoms with E-state index in [4.69, 9.17) is 23.2 Å². The fourth-order valence-corrected chi connectivity index (χ4v) is 2.73. The van der Waals surface area contributed by atoms with E-state index in [1.807, 2.05) is 48.5 Å². The van der Waals surface area contributed by atoms with Gasteiger partial charge in [0.05, 0.1) is 0 Å². The van der Waals surface area contributed by atoms with Gasteiger partial charge in [0.25, 0.3) is 0 Å². The van der Waals surface area contributed by atoms with Gasteiger partial charge in [-0.2, -0.15) is 0 Å². The molecule has 23 heavy (non-hydrogen) atoms. The van der Waals surface area contributed by atoms with Crippen LogP contribution in [-0.2, 0) is 0 Å². The van der Waals surface area contributed by atoms with Crippen LogP contribution in [0.2, 0.25) is 10.0 Å². The summed E-state index contributed by atoms with van der Waals surface area (Å²) in [6.07, 6.45) is 10.7. The predicted octanol–water partition coefficient (Wildman–Crippen LogP) is 6.78. The molecule has 0 amide bonds. The molecule has 1 aliphatic carbocycles.